The monoisotopic (exact) mass is 214 g/mol. The summed E-state index contributed by atoms with van der Waals surface area (Å²) < 4.78 is 38.6. The Morgan fingerprint density at radius 1 is 1.36 bits per heavy atom. The molecule has 0 bridgehead atoms. The summed E-state index contributed by atoms with van der Waals surface area (Å²) in [4.78, 5) is 20.7. The van der Waals surface area contributed by atoms with Gasteiger partial charge in [-0.3, -0.25) is 10.1 Å². The summed E-state index contributed by atoms with van der Waals surface area (Å²) in [6, 6.07) is -1.05. The van der Waals surface area contributed by atoms with E-state index in [0.29, 0.717) is 0 Å². The molecule has 0 radical (unpaired) electrons. The van der Waals surface area contributed by atoms with Crippen molar-refractivity contribution in [3.63, 3.8) is 0 Å². The van der Waals surface area contributed by atoms with Crippen molar-refractivity contribution in [1.82, 2.24) is 5.32 Å². The van der Waals surface area contributed by atoms with Crippen LogP contribution in [0.3, 0.4) is 0 Å². The number of primary amides is 1. The maximum atomic E-state index is 11.5. The molecular formula is C6H9F3N2O3. The zero-order chi connectivity index (χ0) is 11.2. The van der Waals surface area contributed by atoms with Gasteiger partial charge in [-0.05, 0) is 0 Å². The molecule has 0 aliphatic heterocycles. The average molecular weight is 214 g/mol. The zero-order valence-electron chi connectivity index (χ0n) is 7.06. The Balaban J connectivity index is 3.46. The largest absolute Gasteiger partial charge is 0.411 e. The second kappa shape index (κ2) is 5.43. The topological polar surface area (TPSA) is 81.4 Å². The Kier molecular flexibility index (Phi) is 4.92. The number of nitrogens with two attached hydrogens (primary N) is 1. The molecule has 0 aliphatic carbocycles. The van der Waals surface area contributed by atoms with E-state index >= 15 is 0 Å². The number of rotatable bonds is 4. The molecule has 0 aromatic rings. The minimum absolute atomic E-state index is 0.348. The number of alkyl halides is 3. The second-order valence-electron chi connectivity index (χ2n) is 2.33. The number of amides is 3. The molecule has 0 aliphatic rings. The lowest BCUT2D eigenvalue weighted by Crippen LogP contribution is -2.35. The van der Waals surface area contributed by atoms with Gasteiger partial charge in [-0.2, -0.15) is 13.2 Å². The van der Waals surface area contributed by atoms with Crippen molar-refractivity contribution in [2.24, 2.45) is 5.73 Å². The lowest BCUT2D eigenvalue weighted by molar-refractivity contribution is -0.174. The molecule has 0 unspecified atom stereocenters. The molecule has 5 nitrogen and oxygen atoms in total. The van der Waals surface area contributed by atoms with E-state index in [2.05, 4.69) is 10.5 Å². The summed E-state index contributed by atoms with van der Waals surface area (Å²) in [5.41, 5.74) is 4.58. The van der Waals surface area contributed by atoms with Crippen LogP contribution in [-0.2, 0) is 9.53 Å². The zero-order valence-corrected chi connectivity index (χ0v) is 7.06. The van der Waals surface area contributed by atoms with Crippen molar-refractivity contribution < 1.29 is 27.5 Å². The number of urea groups is 1. The SMILES string of the molecule is NC(=O)NC(=O)CCOCC(F)(F)F. The van der Waals surface area contributed by atoms with Gasteiger partial charge in [-0.25, -0.2) is 4.79 Å². The highest BCUT2D eigenvalue weighted by molar-refractivity contribution is 5.93. The van der Waals surface area contributed by atoms with Crippen LogP contribution in [0.25, 0.3) is 0 Å². The van der Waals surface area contributed by atoms with Gasteiger partial charge in [0.2, 0.25) is 5.91 Å². The number of nitrogens with one attached hydrogen (secondary N) is 1. The van der Waals surface area contributed by atoms with Gasteiger partial charge in [0.15, 0.2) is 0 Å². The number of carbonyl (C=O) groups is 2. The molecule has 82 valence electrons. The molecule has 0 heterocycles. The molecule has 0 saturated heterocycles. The van der Waals surface area contributed by atoms with Crippen LogP contribution >= 0.6 is 0 Å². The van der Waals surface area contributed by atoms with Gasteiger partial charge in [0.05, 0.1) is 13.0 Å². The van der Waals surface area contributed by atoms with E-state index in [1.165, 1.54) is 0 Å². The lowest BCUT2D eigenvalue weighted by atomic mass is 10.4. The van der Waals surface area contributed by atoms with Crippen molar-refractivity contribution in [2.45, 2.75) is 12.6 Å². The number of ether oxygens (including phenoxy) is 1. The highest BCUT2D eigenvalue weighted by Crippen LogP contribution is 2.14. The Bertz CT molecular complexity index is 217. The van der Waals surface area contributed by atoms with Gasteiger partial charge < -0.3 is 10.5 Å². The fraction of sp³-hybridized carbons (Fsp3) is 0.667. The first-order valence-corrected chi connectivity index (χ1v) is 3.55. The summed E-state index contributed by atoms with van der Waals surface area (Å²) in [7, 11) is 0. The van der Waals surface area contributed by atoms with Crippen molar-refractivity contribution in [3.05, 3.63) is 0 Å². The molecule has 14 heavy (non-hydrogen) atoms. The number of halogens is 3. The summed E-state index contributed by atoms with van der Waals surface area (Å²) in [5, 5.41) is 1.68. The van der Waals surface area contributed by atoms with Gasteiger partial charge >= 0.3 is 12.2 Å². The van der Waals surface area contributed by atoms with Gasteiger partial charge in [-0.1, -0.05) is 0 Å². The second-order valence-corrected chi connectivity index (χ2v) is 2.33. The molecule has 0 aromatic heterocycles. The fourth-order valence-corrected chi connectivity index (χ4v) is 0.553. The Morgan fingerprint density at radius 3 is 2.36 bits per heavy atom. The van der Waals surface area contributed by atoms with Crippen molar-refractivity contribution >= 4 is 11.9 Å². The first-order chi connectivity index (χ1) is 6.31. The molecule has 0 atom stereocenters. The minimum atomic E-state index is -4.42. The van der Waals surface area contributed by atoms with Crippen molar-refractivity contribution in [1.29, 1.82) is 0 Å². The predicted octanol–water partition coefficient (Wildman–Crippen LogP) is 0.150. The molecule has 0 spiro atoms. The van der Waals surface area contributed by atoms with Gasteiger partial charge in [0.25, 0.3) is 0 Å². The standard InChI is InChI=1S/C6H9F3N2O3/c7-6(8,9)3-14-2-1-4(12)11-5(10)13/h1-3H2,(H3,10,11,12,13). The molecule has 3 N–H and O–H groups in total. The van der Waals surface area contributed by atoms with E-state index in [9.17, 15) is 22.8 Å². The van der Waals surface area contributed by atoms with E-state index in [4.69, 9.17) is 0 Å². The summed E-state index contributed by atoms with van der Waals surface area (Å²) in [6.07, 6.45) is -4.76. The van der Waals surface area contributed by atoms with E-state index in [1.54, 1.807) is 5.32 Å². The third-order valence-corrected chi connectivity index (χ3v) is 1.00. The van der Waals surface area contributed by atoms with E-state index in [-0.39, 0.29) is 6.42 Å². The molecule has 3 amide bonds. The Labute approximate surface area is 77.4 Å². The lowest BCUT2D eigenvalue weighted by Gasteiger charge is -2.06. The molecule has 8 heteroatoms. The molecule has 0 fully saturated rings. The van der Waals surface area contributed by atoms with Crippen LogP contribution in [-0.4, -0.2) is 31.3 Å². The van der Waals surface area contributed by atoms with Crippen LogP contribution < -0.4 is 11.1 Å². The van der Waals surface area contributed by atoms with Crippen LogP contribution in [0.5, 0.6) is 0 Å². The normalized spacial score (nSPS) is 11.1. The van der Waals surface area contributed by atoms with Crippen LogP contribution in [0.1, 0.15) is 6.42 Å². The number of hydrogen-bond donors (Lipinski definition) is 2. The Morgan fingerprint density at radius 2 is 1.93 bits per heavy atom. The third-order valence-electron chi connectivity index (χ3n) is 1.00. The van der Waals surface area contributed by atoms with E-state index in [0.717, 1.165) is 0 Å². The van der Waals surface area contributed by atoms with Crippen LogP contribution in [0, 0.1) is 0 Å². The molecule has 0 saturated carbocycles. The van der Waals surface area contributed by atoms with E-state index in [1.807, 2.05) is 0 Å². The van der Waals surface area contributed by atoms with Crippen molar-refractivity contribution in [2.75, 3.05) is 13.2 Å². The van der Waals surface area contributed by atoms with Crippen LogP contribution in [0.15, 0.2) is 0 Å². The quantitative estimate of drug-likeness (QED) is 0.653. The smallest absolute Gasteiger partial charge is 0.372 e. The molecular weight excluding hydrogens is 205 g/mol. The number of imide groups is 1. The maximum absolute atomic E-state index is 11.5. The van der Waals surface area contributed by atoms with Gasteiger partial charge in [0.1, 0.15) is 6.61 Å². The van der Waals surface area contributed by atoms with E-state index < -0.39 is 31.3 Å². The average Bonchev–Trinajstić information content (AvgIpc) is 1.95. The highest BCUT2D eigenvalue weighted by Gasteiger charge is 2.27. The summed E-state index contributed by atoms with van der Waals surface area (Å²) >= 11 is 0. The predicted molar refractivity (Wildman–Crippen MR) is 39.2 cm³/mol. The summed E-state index contributed by atoms with van der Waals surface area (Å²) in [5.74, 6) is -0.778. The van der Waals surface area contributed by atoms with Crippen molar-refractivity contribution in [3.8, 4) is 0 Å². The summed E-state index contributed by atoms with van der Waals surface area (Å²) in [6.45, 7) is -1.84. The molecule has 0 rings (SSSR count). The molecule has 0 aromatic carbocycles. The number of carbonyl (C=O) groups excluding carboxylic acids is 2. The fourth-order valence-electron chi connectivity index (χ4n) is 0.553. The third kappa shape index (κ3) is 8.78. The first kappa shape index (κ1) is 12.7. The maximum Gasteiger partial charge on any atom is 0.411 e. The van der Waals surface area contributed by atoms with Gasteiger partial charge in [0, 0.05) is 0 Å². The van der Waals surface area contributed by atoms with Crippen LogP contribution in [0.4, 0.5) is 18.0 Å². The van der Waals surface area contributed by atoms with Gasteiger partial charge in [-0.15, -0.1) is 0 Å². The first-order valence-electron chi connectivity index (χ1n) is 3.55. The van der Waals surface area contributed by atoms with Crippen LogP contribution in [0.2, 0.25) is 0 Å². The minimum Gasteiger partial charge on any atom is -0.372 e. The highest BCUT2D eigenvalue weighted by atomic mass is 19.4. The number of hydrogen-bond acceptors (Lipinski definition) is 3. The Hall–Kier alpha value is -1.31.